The molecular weight excluding hydrogens is 377 g/mol. The first-order valence-corrected chi connectivity index (χ1v) is 11.0. The molecule has 0 bridgehead atoms. The summed E-state index contributed by atoms with van der Waals surface area (Å²) in [6.45, 7) is 0.867. The maximum absolute atomic E-state index is 13.0. The Morgan fingerprint density at radius 1 is 1.14 bits per heavy atom. The van der Waals surface area contributed by atoms with E-state index in [1.807, 2.05) is 0 Å². The van der Waals surface area contributed by atoms with Crippen molar-refractivity contribution in [1.82, 2.24) is 19.8 Å². The molecule has 1 amide bonds. The molecule has 2 fully saturated rings. The number of fused-ring (bicyclic) bond motifs is 1. The molecule has 0 radical (unpaired) electrons. The molecule has 1 saturated carbocycles. The van der Waals surface area contributed by atoms with Gasteiger partial charge in [-0.2, -0.15) is 0 Å². The van der Waals surface area contributed by atoms with Crippen LogP contribution in [0.2, 0.25) is 0 Å². The first-order chi connectivity index (χ1) is 13.6. The summed E-state index contributed by atoms with van der Waals surface area (Å²) in [5.41, 5.74) is 0.907. The van der Waals surface area contributed by atoms with E-state index in [0.29, 0.717) is 35.1 Å². The Kier molecular flexibility index (Phi) is 5.85. The number of hydrogen-bond donors (Lipinski definition) is 1. The summed E-state index contributed by atoms with van der Waals surface area (Å²) >= 11 is 1.34. The Morgan fingerprint density at radius 3 is 2.71 bits per heavy atom. The molecule has 2 heterocycles. The van der Waals surface area contributed by atoms with Crippen molar-refractivity contribution >= 4 is 17.7 Å². The zero-order valence-corrected chi connectivity index (χ0v) is 16.7. The molecule has 0 unspecified atom stereocenters. The number of rotatable bonds is 5. The lowest BCUT2D eigenvalue weighted by molar-refractivity contribution is -0.134. The second kappa shape index (κ2) is 8.51. The van der Waals surface area contributed by atoms with E-state index in [1.165, 1.54) is 54.3 Å². The van der Waals surface area contributed by atoms with Crippen LogP contribution < -0.4 is 5.84 Å². The monoisotopic (exact) mass is 403 g/mol. The van der Waals surface area contributed by atoms with Gasteiger partial charge >= 0.3 is 0 Å². The fraction of sp³-hybridized carbons (Fsp3) is 0.550. The van der Waals surface area contributed by atoms with Gasteiger partial charge in [0.15, 0.2) is 5.82 Å². The van der Waals surface area contributed by atoms with Gasteiger partial charge in [0.2, 0.25) is 11.1 Å². The zero-order valence-electron chi connectivity index (χ0n) is 15.9. The number of carbonyl (C=O) groups is 1. The van der Waals surface area contributed by atoms with Crippen LogP contribution in [0.4, 0.5) is 4.39 Å². The number of likely N-dealkylation sites (tertiary alicyclic amines) is 1. The number of carbonyl (C=O) groups excluding carboxylic acids is 1. The van der Waals surface area contributed by atoms with Crippen LogP contribution in [0.1, 0.15) is 49.9 Å². The van der Waals surface area contributed by atoms with Crippen molar-refractivity contribution in [3.8, 4) is 0 Å². The van der Waals surface area contributed by atoms with Gasteiger partial charge in [-0.15, -0.1) is 10.2 Å². The molecule has 2 aliphatic rings. The second-order valence-corrected chi connectivity index (χ2v) is 8.64. The van der Waals surface area contributed by atoms with Gasteiger partial charge in [-0.05, 0) is 49.3 Å². The lowest BCUT2D eigenvalue weighted by atomic mass is 9.78. The summed E-state index contributed by atoms with van der Waals surface area (Å²) < 4.78 is 14.5. The number of benzene rings is 1. The molecule has 1 saturated heterocycles. The number of nitrogen functional groups attached to an aromatic ring is 1. The zero-order chi connectivity index (χ0) is 19.5. The van der Waals surface area contributed by atoms with Crippen LogP contribution in [-0.4, -0.2) is 44.0 Å². The minimum Gasteiger partial charge on any atom is -0.339 e. The van der Waals surface area contributed by atoms with Gasteiger partial charge in [-0.3, -0.25) is 4.79 Å². The fourth-order valence-corrected chi connectivity index (χ4v) is 5.22. The van der Waals surface area contributed by atoms with E-state index in [9.17, 15) is 9.18 Å². The number of thioether (sulfide) groups is 1. The molecule has 1 aliphatic carbocycles. The fourth-order valence-electron chi connectivity index (χ4n) is 4.45. The van der Waals surface area contributed by atoms with E-state index < -0.39 is 0 Å². The predicted molar refractivity (Wildman–Crippen MR) is 107 cm³/mol. The molecular formula is C20H26FN5OS. The van der Waals surface area contributed by atoms with Gasteiger partial charge in [0.25, 0.3) is 0 Å². The van der Waals surface area contributed by atoms with Crippen molar-refractivity contribution in [2.45, 2.75) is 56.1 Å². The molecule has 1 aliphatic heterocycles. The van der Waals surface area contributed by atoms with Crippen molar-refractivity contribution in [2.24, 2.45) is 5.92 Å². The van der Waals surface area contributed by atoms with Crippen LogP contribution in [0.15, 0.2) is 29.4 Å². The summed E-state index contributed by atoms with van der Waals surface area (Å²) in [6.07, 6.45) is 7.74. The van der Waals surface area contributed by atoms with Gasteiger partial charge in [-0.1, -0.05) is 36.7 Å². The van der Waals surface area contributed by atoms with Crippen molar-refractivity contribution in [3.05, 3.63) is 41.5 Å². The average molecular weight is 404 g/mol. The number of hydrogen-bond acceptors (Lipinski definition) is 5. The molecule has 2 N–H and O–H groups in total. The van der Waals surface area contributed by atoms with E-state index in [1.54, 1.807) is 12.1 Å². The Balaban J connectivity index is 1.36. The largest absolute Gasteiger partial charge is 0.339 e. The van der Waals surface area contributed by atoms with Gasteiger partial charge in [0.05, 0.1) is 5.75 Å². The van der Waals surface area contributed by atoms with Gasteiger partial charge in [-0.25, -0.2) is 9.07 Å². The van der Waals surface area contributed by atoms with Crippen molar-refractivity contribution < 1.29 is 9.18 Å². The summed E-state index contributed by atoms with van der Waals surface area (Å²) in [4.78, 5) is 14.9. The van der Waals surface area contributed by atoms with E-state index in [2.05, 4.69) is 15.1 Å². The third kappa shape index (κ3) is 4.16. The van der Waals surface area contributed by atoms with Crippen molar-refractivity contribution in [1.29, 1.82) is 0 Å². The van der Waals surface area contributed by atoms with Gasteiger partial charge in [0, 0.05) is 19.0 Å². The van der Waals surface area contributed by atoms with Crippen LogP contribution in [0.25, 0.3) is 0 Å². The van der Waals surface area contributed by atoms with Crippen LogP contribution >= 0.6 is 11.8 Å². The Labute approximate surface area is 168 Å². The van der Waals surface area contributed by atoms with E-state index >= 15 is 0 Å². The number of nitrogens with two attached hydrogens (primary N) is 1. The highest BCUT2D eigenvalue weighted by Crippen LogP contribution is 2.35. The van der Waals surface area contributed by atoms with E-state index in [-0.39, 0.29) is 11.7 Å². The van der Waals surface area contributed by atoms with E-state index in [4.69, 9.17) is 5.84 Å². The third-order valence-electron chi connectivity index (χ3n) is 5.90. The predicted octanol–water partition coefficient (Wildman–Crippen LogP) is 3.00. The quantitative estimate of drug-likeness (QED) is 0.613. The highest BCUT2D eigenvalue weighted by Gasteiger charge is 2.35. The molecule has 1 aromatic carbocycles. The summed E-state index contributed by atoms with van der Waals surface area (Å²) in [7, 11) is 0. The molecule has 6 nitrogen and oxygen atoms in total. The first kappa shape index (κ1) is 19.2. The molecule has 8 heteroatoms. The van der Waals surface area contributed by atoms with E-state index in [0.717, 1.165) is 24.9 Å². The third-order valence-corrected chi connectivity index (χ3v) is 6.83. The molecule has 2 aromatic rings. The molecule has 2 atom stereocenters. The van der Waals surface area contributed by atoms with Crippen LogP contribution in [-0.2, 0) is 11.2 Å². The summed E-state index contributed by atoms with van der Waals surface area (Å²) in [5.74, 6) is 7.62. The average Bonchev–Trinajstić information content (AvgIpc) is 3.07. The number of piperidine rings is 1. The number of halogens is 1. The van der Waals surface area contributed by atoms with Crippen LogP contribution in [0, 0.1) is 11.7 Å². The molecule has 150 valence electrons. The maximum atomic E-state index is 13.0. The normalized spacial score (nSPS) is 22.1. The number of nitrogens with zero attached hydrogens (tertiary/aromatic N) is 4. The standard InChI is InChI=1S/C20H26FN5OS/c21-16-9-7-14(8-10-16)12-18-23-24-20(26(18)22)28-13-19(27)25-11-3-5-15-4-1-2-6-17(15)25/h7-10,15,17H,1-6,11-13,22H2/t15-,17-/m0/s1. The Hall–Kier alpha value is -2.09. The van der Waals surface area contributed by atoms with Gasteiger partial charge in [0.1, 0.15) is 5.82 Å². The smallest absolute Gasteiger partial charge is 0.233 e. The minimum absolute atomic E-state index is 0.171. The SMILES string of the molecule is Nn1c(Cc2ccc(F)cc2)nnc1SCC(=O)N1CCC[C@@H]2CCCC[C@@H]21. The molecule has 28 heavy (non-hydrogen) atoms. The molecule has 0 spiro atoms. The lowest BCUT2D eigenvalue weighted by Crippen LogP contribution is -2.50. The van der Waals surface area contributed by atoms with Crippen LogP contribution in [0.5, 0.6) is 0 Å². The number of amides is 1. The van der Waals surface area contributed by atoms with Crippen LogP contribution in [0.3, 0.4) is 0 Å². The molecule has 4 rings (SSSR count). The minimum atomic E-state index is -0.273. The summed E-state index contributed by atoms with van der Waals surface area (Å²) in [5, 5.41) is 8.80. The highest BCUT2D eigenvalue weighted by molar-refractivity contribution is 7.99. The summed E-state index contributed by atoms with van der Waals surface area (Å²) in [6, 6.07) is 6.66. The lowest BCUT2D eigenvalue weighted by Gasteiger charge is -2.44. The van der Waals surface area contributed by atoms with Crippen molar-refractivity contribution in [3.63, 3.8) is 0 Å². The topological polar surface area (TPSA) is 77.0 Å². The highest BCUT2D eigenvalue weighted by atomic mass is 32.2. The number of aromatic nitrogens is 3. The van der Waals surface area contributed by atoms with Crippen molar-refractivity contribution in [2.75, 3.05) is 18.1 Å². The Morgan fingerprint density at radius 2 is 1.89 bits per heavy atom. The first-order valence-electron chi connectivity index (χ1n) is 9.98. The maximum Gasteiger partial charge on any atom is 0.233 e. The van der Waals surface area contributed by atoms with Gasteiger partial charge < -0.3 is 10.7 Å². The molecule has 1 aromatic heterocycles. The second-order valence-electron chi connectivity index (χ2n) is 7.70. The Bertz CT molecular complexity index is 823.